The summed E-state index contributed by atoms with van der Waals surface area (Å²) in [5.41, 5.74) is 2.77. The van der Waals surface area contributed by atoms with Gasteiger partial charge in [-0.25, -0.2) is 9.97 Å². The van der Waals surface area contributed by atoms with Crippen LogP contribution in [-0.2, 0) is 13.0 Å². The number of ether oxygens (including phenoxy) is 1. The lowest BCUT2D eigenvalue weighted by molar-refractivity contribution is 0.271. The van der Waals surface area contributed by atoms with Crippen LogP contribution in [0.15, 0.2) is 30.5 Å². The molecule has 1 aliphatic rings. The molecule has 21 heavy (non-hydrogen) atoms. The van der Waals surface area contributed by atoms with Crippen molar-refractivity contribution in [3.63, 3.8) is 0 Å². The zero-order valence-corrected chi connectivity index (χ0v) is 12.5. The van der Waals surface area contributed by atoms with Gasteiger partial charge in [0.1, 0.15) is 17.4 Å². The first-order valence-corrected chi connectivity index (χ1v) is 7.16. The molecule has 0 atom stereocenters. The number of nitrogens with zero attached hydrogens (tertiary/aromatic N) is 3. The van der Waals surface area contributed by atoms with Gasteiger partial charge in [-0.2, -0.15) is 0 Å². The first-order chi connectivity index (χ1) is 10.2. The van der Waals surface area contributed by atoms with E-state index in [-0.39, 0.29) is 0 Å². The number of anilines is 1. The van der Waals surface area contributed by atoms with Crippen LogP contribution >= 0.6 is 0 Å². The van der Waals surface area contributed by atoms with Crippen LogP contribution in [0, 0.1) is 6.92 Å². The highest BCUT2D eigenvalue weighted by atomic mass is 16.5. The van der Waals surface area contributed by atoms with Crippen LogP contribution in [0.5, 0.6) is 5.75 Å². The maximum Gasteiger partial charge on any atom is 0.130 e. The SMILES string of the molecule is COc1ccc2c(c1)CCN(CNc1ccnc(C)n1)C2. The highest BCUT2D eigenvalue weighted by Gasteiger charge is 2.16. The van der Waals surface area contributed by atoms with E-state index >= 15 is 0 Å². The van der Waals surface area contributed by atoms with Crippen molar-refractivity contribution < 1.29 is 4.74 Å². The summed E-state index contributed by atoms with van der Waals surface area (Å²) in [7, 11) is 1.71. The van der Waals surface area contributed by atoms with Gasteiger partial charge in [-0.15, -0.1) is 0 Å². The predicted molar refractivity (Wildman–Crippen MR) is 82.4 cm³/mol. The van der Waals surface area contributed by atoms with Gasteiger partial charge >= 0.3 is 0 Å². The summed E-state index contributed by atoms with van der Waals surface area (Å²) in [5, 5.41) is 3.36. The highest BCUT2D eigenvalue weighted by Crippen LogP contribution is 2.23. The van der Waals surface area contributed by atoms with Crippen LogP contribution < -0.4 is 10.1 Å². The molecular formula is C16H20N4O. The normalized spacial score (nSPS) is 14.6. The predicted octanol–water partition coefficient (Wildman–Crippen LogP) is 2.22. The average molecular weight is 284 g/mol. The van der Waals surface area contributed by atoms with E-state index in [1.54, 1.807) is 13.3 Å². The molecule has 0 radical (unpaired) electrons. The van der Waals surface area contributed by atoms with Crippen molar-refractivity contribution in [2.75, 3.05) is 25.6 Å². The number of nitrogens with one attached hydrogen (secondary N) is 1. The van der Waals surface area contributed by atoms with E-state index in [9.17, 15) is 0 Å². The molecule has 1 aliphatic heterocycles. The van der Waals surface area contributed by atoms with E-state index in [4.69, 9.17) is 4.74 Å². The quantitative estimate of drug-likeness (QED) is 0.933. The minimum Gasteiger partial charge on any atom is -0.497 e. The summed E-state index contributed by atoms with van der Waals surface area (Å²) in [4.78, 5) is 10.8. The molecule has 0 saturated heterocycles. The van der Waals surface area contributed by atoms with E-state index in [0.29, 0.717) is 0 Å². The standard InChI is InChI=1S/C16H20N4O/c1-12-17-7-5-16(19-12)18-11-20-8-6-13-9-15(21-2)4-3-14(13)10-20/h3-5,7,9H,6,8,10-11H2,1-2H3,(H,17,18,19). The van der Waals surface area contributed by atoms with E-state index < -0.39 is 0 Å². The Hall–Kier alpha value is -2.14. The van der Waals surface area contributed by atoms with E-state index in [2.05, 4.69) is 32.3 Å². The van der Waals surface area contributed by atoms with Crippen molar-refractivity contribution in [3.8, 4) is 5.75 Å². The minimum absolute atomic E-state index is 0.788. The van der Waals surface area contributed by atoms with Crippen molar-refractivity contribution in [1.82, 2.24) is 14.9 Å². The second kappa shape index (κ2) is 6.10. The van der Waals surface area contributed by atoms with Gasteiger partial charge < -0.3 is 10.1 Å². The molecule has 2 heterocycles. The summed E-state index contributed by atoms with van der Waals surface area (Å²) >= 11 is 0. The summed E-state index contributed by atoms with van der Waals surface area (Å²) in [6, 6.07) is 8.24. The Morgan fingerprint density at radius 2 is 2.19 bits per heavy atom. The minimum atomic E-state index is 0.788. The number of hydrogen-bond donors (Lipinski definition) is 1. The number of hydrogen-bond acceptors (Lipinski definition) is 5. The molecule has 0 amide bonds. The summed E-state index contributed by atoms with van der Waals surface area (Å²) in [6.07, 6.45) is 2.83. The zero-order chi connectivity index (χ0) is 14.7. The number of rotatable bonds is 4. The fourth-order valence-electron chi connectivity index (χ4n) is 2.60. The van der Waals surface area contributed by atoms with Gasteiger partial charge in [-0.1, -0.05) is 6.07 Å². The largest absolute Gasteiger partial charge is 0.497 e. The second-order valence-corrected chi connectivity index (χ2v) is 5.26. The molecule has 110 valence electrons. The highest BCUT2D eigenvalue weighted by molar-refractivity contribution is 5.37. The summed E-state index contributed by atoms with van der Waals surface area (Å²) in [6.45, 7) is 4.69. The van der Waals surface area contributed by atoms with Gasteiger partial charge in [0.2, 0.25) is 0 Å². The topological polar surface area (TPSA) is 50.3 Å². The lowest BCUT2D eigenvalue weighted by Crippen LogP contribution is -2.34. The molecule has 0 unspecified atom stereocenters. The van der Waals surface area contributed by atoms with E-state index in [0.717, 1.165) is 43.6 Å². The van der Waals surface area contributed by atoms with Gasteiger partial charge in [0.25, 0.3) is 0 Å². The van der Waals surface area contributed by atoms with Crippen LogP contribution in [0.25, 0.3) is 0 Å². The number of fused-ring (bicyclic) bond motifs is 1. The number of methoxy groups -OCH3 is 1. The molecule has 5 heteroatoms. The van der Waals surface area contributed by atoms with E-state index in [1.165, 1.54) is 11.1 Å². The third kappa shape index (κ3) is 3.31. The van der Waals surface area contributed by atoms with Crippen LogP contribution in [0.1, 0.15) is 17.0 Å². The second-order valence-electron chi connectivity index (χ2n) is 5.26. The Morgan fingerprint density at radius 3 is 3.00 bits per heavy atom. The third-order valence-corrected chi connectivity index (χ3v) is 3.76. The molecule has 0 bridgehead atoms. The molecular weight excluding hydrogens is 264 g/mol. The maximum atomic E-state index is 5.28. The monoisotopic (exact) mass is 284 g/mol. The lowest BCUT2D eigenvalue weighted by Gasteiger charge is -2.29. The smallest absolute Gasteiger partial charge is 0.130 e. The summed E-state index contributed by atoms with van der Waals surface area (Å²) in [5.74, 6) is 2.61. The number of benzene rings is 1. The van der Waals surface area contributed by atoms with Crippen molar-refractivity contribution in [2.24, 2.45) is 0 Å². The molecule has 0 fully saturated rings. The molecule has 2 aromatic rings. The Balaban J connectivity index is 1.61. The molecule has 0 aliphatic carbocycles. The van der Waals surface area contributed by atoms with Gasteiger partial charge in [0.05, 0.1) is 13.8 Å². The van der Waals surface area contributed by atoms with Gasteiger partial charge in [0, 0.05) is 19.3 Å². The van der Waals surface area contributed by atoms with Crippen molar-refractivity contribution >= 4 is 5.82 Å². The van der Waals surface area contributed by atoms with Crippen molar-refractivity contribution in [1.29, 1.82) is 0 Å². The first-order valence-electron chi connectivity index (χ1n) is 7.16. The van der Waals surface area contributed by atoms with Crippen LogP contribution in [0.2, 0.25) is 0 Å². The van der Waals surface area contributed by atoms with Crippen molar-refractivity contribution in [2.45, 2.75) is 19.9 Å². The third-order valence-electron chi connectivity index (χ3n) is 3.76. The lowest BCUT2D eigenvalue weighted by atomic mass is 10.00. The Bertz CT molecular complexity index is 629. The van der Waals surface area contributed by atoms with Gasteiger partial charge in [-0.3, -0.25) is 4.90 Å². The molecule has 0 spiro atoms. The first kappa shape index (κ1) is 13.8. The van der Waals surface area contributed by atoms with Gasteiger partial charge in [-0.05, 0) is 42.7 Å². The Kier molecular flexibility index (Phi) is 4.01. The maximum absolute atomic E-state index is 5.28. The molecule has 1 aromatic heterocycles. The van der Waals surface area contributed by atoms with E-state index in [1.807, 2.05) is 19.1 Å². The molecule has 3 rings (SSSR count). The number of aromatic nitrogens is 2. The van der Waals surface area contributed by atoms with Crippen LogP contribution in [-0.4, -0.2) is 35.2 Å². The summed E-state index contributed by atoms with van der Waals surface area (Å²) < 4.78 is 5.28. The zero-order valence-electron chi connectivity index (χ0n) is 12.5. The molecule has 5 nitrogen and oxygen atoms in total. The molecule has 1 aromatic carbocycles. The number of aryl methyl sites for hydroxylation is 1. The van der Waals surface area contributed by atoms with Crippen LogP contribution in [0.4, 0.5) is 5.82 Å². The van der Waals surface area contributed by atoms with Crippen LogP contribution in [0.3, 0.4) is 0 Å². The average Bonchev–Trinajstić information content (AvgIpc) is 2.52. The molecule has 0 saturated carbocycles. The Labute approximate surface area is 125 Å². The fourth-order valence-corrected chi connectivity index (χ4v) is 2.60. The van der Waals surface area contributed by atoms with Crippen molar-refractivity contribution in [3.05, 3.63) is 47.4 Å². The Morgan fingerprint density at radius 1 is 1.29 bits per heavy atom. The fraction of sp³-hybridized carbons (Fsp3) is 0.375. The van der Waals surface area contributed by atoms with Gasteiger partial charge in [0.15, 0.2) is 0 Å². The molecule has 1 N–H and O–H groups in total.